The number of aromatic carboxylic acids is 1. The minimum absolute atomic E-state index is 0.0329. The number of phenolic OH excluding ortho intramolecular Hbond substituents is 2. The maximum atomic E-state index is 13.1. The maximum absolute atomic E-state index is 13.1. The summed E-state index contributed by atoms with van der Waals surface area (Å²) in [5.74, 6) is -1.42. The fraction of sp³-hybridized carbons (Fsp3) is 0.0370. The van der Waals surface area contributed by atoms with E-state index in [0.717, 1.165) is 5.56 Å². The molecule has 1 atom stereocenters. The zero-order valence-corrected chi connectivity index (χ0v) is 17.5. The summed E-state index contributed by atoms with van der Waals surface area (Å²) in [5.41, 5.74) is 1.27. The van der Waals surface area contributed by atoms with Crippen LogP contribution < -0.4 is 4.74 Å². The van der Waals surface area contributed by atoms with Gasteiger partial charge < -0.3 is 24.8 Å². The molecule has 0 radical (unpaired) electrons. The number of esters is 1. The maximum Gasteiger partial charge on any atom is 0.340 e. The summed E-state index contributed by atoms with van der Waals surface area (Å²) >= 11 is 0. The van der Waals surface area contributed by atoms with Gasteiger partial charge in [-0.25, -0.2) is 9.59 Å². The first-order valence-corrected chi connectivity index (χ1v) is 10.4. The third-order valence-electron chi connectivity index (χ3n) is 6.24. The number of carbonyl (C=O) groups is 2. The van der Waals surface area contributed by atoms with Crippen molar-refractivity contribution in [2.75, 3.05) is 0 Å². The predicted molar refractivity (Wildman–Crippen MR) is 120 cm³/mol. The molecule has 2 heterocycles. The van der Waals surface area contributed by atoms with Gasteiger partial charge in [-0.3, -0.25) is 0 Å². The number of hydrogen-bond donors (Lipinski definition) is 3. The summed E-state index contributed by atoms with van der Waals surface area (Å²) in [7, 11) is 0. The molecular formula is C27H16O7. The van der Waals surface area contributed by atoms with Crippen LogP contribution in [0, 0.1) is 0 Å². The second-order valence-corrected chi connectivity index (χ2v) is 8.15. The van der Waals surface area contributed by atoms with Gasteiger partial charge in [0.05, 0.1) is 11.1 Å². The van der Waals surface area contributed by atoms with Crippen LogP contribution in [0.25, 0.3) is 11.1 Å². The second kappa shape index (κ2) is 6.86. The number of fused-ring (bicyclic) bond motifs is 6. The van der Waals surface area contributed by atoms with E-state index in [2.05, 4.69) is 0 Å². The van der Waals surface area contributed by atoms with Crippen molar-refractivity contribution in [3.8, 4) is 34.1 Å². The summed E-state index contributed by atoms with van der Waals surface area (Å²) in [4.78, 5) is 24.6. The van der Waals surface area contributed by atoms with E-state index in [1.807, 2.05) is 30.3 Å². The minimum Gasteiger partial charge on any atom is -0.508 e. The normalized spacial score (nSPS) is 17.4. The van der Waals surface area contributed by atoms with Crippen LogP contribution in [0.5, 0.6) is 23.0 Å². The summed E-state index contributed by atoms with van der Waals surface area (Å²) in [6, 6.07) is 21.1. The Hall–Kier alpha value is -4.78. The number of benzene rings is 4. The average molecular weight is 452 g/mol. The molecule has 0 saturated carbocycles. The Morgan fingerprint density at radius 3 is 2.26 bits per heavy atom. The molecule has 0 saturated heterocycles. The molecule has 3 N–H and O–H groups in total. The van der Waals surface area contributed by atoms with E-state index in [-0.39, 0.29) is 34.1 Å². The quantitative estimate of drug-likeness (QED) is 0.366. The van der Waals surface area contributed by atoms with Crippen LogP contribution in [0.2, 0.25) is 0 Å². The van der Waals surface area contributed by atoms with Crippen molar-refractivity contribution in [1.82, 2.24) is 0 Å². The molecule has 7 heteroatoms. The molecule has 1 spiro atoms. The number of carboxylic acid groups (broad SMARTS) is 1. The first-order valence-electron chi connectivity index (χ1n) is 10.4. The molecule has 4 aromatic rings. The Balaban J connectivity index is 1.69. The van der Waals surface area contributed by atoms with Gasteiger partial charge in [-0.2, -0.15) is 0 Å². The summed E-state index contributed by atoms with van der Waals surface area (Å²) < 4.78 is 12.1. The van der Waals surface area contributed by atoms with Crippen molar-refractivity contribution in [3.05, 3.63) is 107 Å². The molecule has 0 amide bonds. The second-order valence-electron chi connectivity index (χ2n) is 8.15. The number of carbonyl (C=O) groups excluding carboxylic acids is 1. The van der Waals surface area contributed by atoms with Crippen LogP contribution in [-0.4, -0.2) is 27.3 Å². The molecule has 7 nitrogen and oxygen atoms in total. The molecule has 1 unspecified atom stereocenters. The molecule has 0 fully saturated rings. The number of carboxylic acids is 1. The Morgan fingerprint density at radius 1 is 0.765 bits per heavy atom. The van der Waals surface area contributed by atoms with E-state index in [0.29, 0.717) is 22.3 Å². The predicted octanol–water partition coefficient (Wildman–Crippen LogP) is 5.03. The molecule has 34 heavy (non-hydrogen) atoms. The highest BCUT2D eigenvalue weighted by Gasteiger charge is 2.54. The van der Waals surface area contributed by atoms with Gasteiger partial charge in [0.15, 0.2) is 5.60 Å². The van der Waals surface area contributed by atoms with Crippen molar-refractivity contribution in [1.29, 1.82) is 0 Å². The minimum atomic E-state index is -1.46. The average Bonchev–Trinajstić information content (AvgIpc) is 3.11. The highest BCUT2D eigenvalue weighted by molar-refractivity contribution is 6.00. The van der Waals surface area contributed by atoms with E-state index in [4.69, 9.17) is 9.47 Å². The Bertz CT molecular complexity index is 1520. The van der Waals surface area contributed by atoms with Gasteiger partial charge in [-0.15, -0.1) is 0 Å². The Morgan fingerprint density at radius 2 is 1.50 bits per heavy atom. The van der Waals surface area contributed by atoms with Crippen molar-refractivity contribution in [2.45, 2.75) is 5.60 Å². The van der Waals surface area contributed by atoms with Crippen molar-refractivity contribution >= 4 is 11.9 Å². The number of ether oxygens (including phenoxy) is 2. The van der Waals surface area contributed by atoms with Gasteiger partial charge in [0, 0.05) is 34.4 Å². The van der Waals surface area contributed by atoms with Gasteiger partial charge in [0.2, 0.25) is 0 Å². The molecule has 2 aliphatic heterocycles. The Labute approximate surface area is 193 Å². The molecular weight excluding hydrogens is 436 g/mol. The zero-order chi connectivity index (χ0) is 23.6. The lowest BCUT2D eigenvalue weighted by Crippen LogP contribution is -2.33. The number of aromatic hydroxyl groups is 2. The van der Waals surface area contributed by atoms with Gasteiger partial charge in [-0.1, -0.05) is 36.4 Å². The summed E-state index contributed by atoms with van der Waals surface area (Å²) in [6.07, 6.45) is 0. The summed E-state index contributed by atoms with van der Waals surface area (Å²) in [6.45, 7) is 0. The first-order chi connectivity index (χ1) is 16.4. The number of rotatable bonds is 2. The van der Waals surface area contributed by atoms with Crippen molar-refractivity contribution in [2.24, 2.45) is 0 Å². The largest absolute Gasteiger partial charge is 0.508 e. The lowest BCUT2D eigenvalue weighted by atomic mass is 9.76. The molecule has 0 bridgehead atoms. The van der Waals surface area contributed by atoms with Crippen molar-refractivity contribution in [3.63, 3.8) is 0 Å². The molecule has 0 aromatic heterocycles. The molecule has 4 aromatic carbocycles. The SMILES string of the molecule is O=C(O)c1ccc2c(c1)C(=O)OC21c2ccc(O)cc2Oc2cc(O)c(-c3ccccc3)cc21. The first kappa shape index (κ1) is 19.9. The van der Waals surface area contributed by atoms with Crippen molar-refractivity contribution < 1.29 is 34.4 Å². The summed E-state index contributed by atoms with van der Waals surface area (Å²) in [5, 5.41) is 30.3. The molecule has 6 rings (SSSR count). The smallest absolute Gasteiger partial charge is 0.340 e. The highest BCUT2D eigenvalue weighted by atomic mass is 16.6. The van der Waals surface area contributed by atoms with Crippen LogP contribution in [-0.2, 0) is 10.3 Å². The van der Waals surface area contributed by atoms with Gasteiger partial charge in [0.25, 0.3) is 0 Å². The van der Waals surface area contributed by atoms with E-state index in [1.54, 1.807) is 18.2 Å². The van der Waals surface area contributed by atoms with Crippen LogP contribution >= 0.6 is 0 Å². The molecule has 2 aliphatic rings. The van der Waals surface area contributed by atoms with E-state index < -0.39 is 17.5 Å². The fourth-order valence-electron chi connectivity index (χ4n) is 4.73. The van der Waals surface area contributed by atoms with Crippen LogP contribution in [0.15, 0.2) is 78.9 Å². The van der Waals surface area contributed by atoms with Gasteiger partial charge in [-0.05, 0) is 35.9 Å². The lowest BCUT2D eigenvalue weighted by molar-refractivity contribution is 0.0224. The van der Waals surface area contributed by atoms with E-state index >= 15 is 0 Å². The molecule has 166 valence electrons. The lowest BCUT2D eigenvalue weighted by Gasteiger charge is -2.37. The zero-order valence-electron chi connectivity index (χ0n) is 17.5. The third-order valence-corrected chi connectivity index (χ3v) is 6.24. The fourth-order valence-corrected chi connectivity index (χ4v) is 4.73. The highest BCUT2D eigenvalue weighted by Crippen LogP contribution is 2.58. The topological polar surface area (TPSA) is 113 Å². The van der Waals surface area contributed by atoms with Crippen LogP contribution in [0.1, 0.15) is 37.4 Å². The monoisotopic (exact) mass is 452 g/mol. The molecule has 0 aliphatic carbocycles. The van der Waals surface area contributed by atoms with Crippen LogP contribution in [0.4, 0.5) is 0 Å². The number of hydrogen-bond acceptors (Lipinski definition) is 6. The van der Waals surface area contributed by atoms with E-state index in [9.17, 15) is 24.9 Å². The van der Waals surface area contributed by atoms with Gasteiger partial charge in [0.1, 0.15) is 23.0 Å². The number of phenols is 2. The Kier molecular flexibility index (Phi) is 4.01. The van der Waals surface area contributed by atoms with E-state index in [1.165, 1.54) is 30.3 Å². The van der Waals surface area contributed by atoms with Gasteiger partial charge >= 0.3 is 11.9 Å². The standard InChI is InChI=1S/C27H16O7/c28-16-7-9-20-23(11-16)33-24-13-22(29)17(14-4-2-1-3-5-14)12-21(24)27(20)19-8-6-15(25(30)31)10-18(19)26(32)34-27/h1-13,28-29H,(H,30,31). The third kappa shape index (κ3) is 2.64. The van der Waals surface area contributed by atoms with Crippen LogP contribution in [0.3, 0.4) is 0 Å².